The van der Waals surface area contributed by atoms with Crippen LogP contribution in [-0.4, -0.2) is 9.78 Å². The summed E-state index contributed by atoms with van der Waals surface area (Å²) in [6.45, 7) is 2.14. The van der Waals surface area contributed by atoms with E-state index in [4.69, 9.17) is 5.73 Å². The summed E-state index contributed by atoms with van der Waals surface area (Å²) in [7, 11) is 1.92. The van der Waals surface area contributed by atoms with E-state index in [2.05, 4.69) is 12.0 Å². The molecule has 0 aromatic carbocycles. The number of aromatic nitrogens is 2. The molecule has 0 spiro atoms. The second-order valence-corrected chi connectivity index (χ2v) is 2.77. The highest BCUT2D eigenvalue weighted by molar-refractivity contribution is 5.05. The molecule has 0 saturated carbocycles. The SMILES string of the molecule is CCCC(N)c1ccnn1C. The van der Waals surface area contributed by atoms with E-state index in [9.17, 15) is 0 Å². The van der Waals surface area contributed by atoms with E-state index in [1.807, 2.05) is 17.8 Å². The Kier molecular flexibility index (Phi) is 2.65. The summed E-state index contributed by atoms with van der Waals surface area (Å²) in [5.41, 5.74) is 7.01. The molecule has 0 saturated heterocycles. The van der Waals surface area contributed by atoms with Crippen LogP contribution in [0.5, 0.6) is 0 Å². The molecule has 3 heteroatoms. The first-order valence-corrected chi connectivity index (χ1v) is 3.99. The minimum Gasteiger partial charge on any atom is -0.323 e. The molecule has 1 atom stereocenters. The number of hydrogen-bond acceptors (Lipinski definition) is 2. The topological polar surface area (TPSA) is 43.8 Å². The van der Waals surface area contributed by atoms with Gasteiger partial charge in [0.05, 0.1) is 5.69 Å². The van der Waals surface area contributed by atoms with Crippen molar-refractivity contribution >= 4 is 0 Å². The number of nitrogens with zero attached hydrogens (tertiary/aromatic N) is 2. The maximum Gasteiger partial charge on any atom is 0.0548 e. The number of aryl methyl sites for hydroxylation is 1. The molecule has 0 aliphatic heterocycles. The Morgan fingerprint density at radius 2 is 2.45 bits per heavy atom. The normalized spacial score (nSPS) is 13.4. The van der Waals surface area contributed by atoms with Gasteiger partial charge < -0.3 is 5.73 Å². The van der Waals surface area contributed by atoms with E-state index >= 15 is 0 Å². The number of hydrogen-bond donors (Lipinski definition) is 1. The first kappa shape index (κ1) is 8.27. The summed E-state index contributed by atoms with van der Waals surface area (Å²) in [6, 6.07) is 2.12. The molecule has 1 heterocycles. The van der Waals surface area contributed by atoms with Crippen molar-refractivity contribution in [2.24, 2.45) is 12.8 Å². The minimum atomic E-state index is 0.146. The highest BCUT2D eigenvalue weighted by Crippen LogP contribution is 2.13. The van der Waals surface area contributed by atoms with Crippen LogP contribution in [0.1, 0.15) is 31.5 Å². The largest absolute Gasteiger partial charge is 0.323 e. The van der Waals surface area contributed by atoms with Crippen molar-refractivity contribution in [2.75, 3.05) is 0 Å². The first-order valence-electron chi connectivity index (χ1n) is 3.99. The summed E-state index contributed by atoms with van der Waals surface area (Å²) in [4.78, 5) is 0. The van der Waals surface area contributed by atoms with Gasteiger partial charge in [-0.15, -0.1) is 0 Å². The van der Waals surface area contributed by atoms with E-state index in [1.54, 1.807) is 6.20 Å². The van der Waals surface area contributed by atoms with E-state index in [1.165, 1.54) is 0 Å². The van der Waals surface area contributed by atoms with Crippen LogP contribution in [0, 0.1) is 0 Å². The van der Waals surface area contributed by atoms with E-state index in [0.29, 0.717) is 0 Å². The van der Waals surface area contributed by atoms with Crippen molar-refractivity contribution < 1.29 is 0 Å². The monoisotopic (exact) mass is 153 g/mol. The third-order valence-electron chi connectivity index (χ3n) is 1.84. The molecule has 1 rings (SSSR count). The smallest absolute Gasteiger partial charge is 0.0548 e. The Bertz CT molecular complexity index is 217. The van der Waals surface area contributed by atoms with Crippen molar-refractivity contribution in [1.29, 1.82) is 0 Å². The molecule has 1 aromatic heterocycles. The van der Waals surface area contributed by atoms with Crippen molar-refractivity contribution in [3.63, 3.8) is 0 Å². The molecule has 11 heavy (non-hydrogen) atoms. The van der Waals surface area contributed by atoms with Crippen molar-refractivity contribution in [3.8, 4) is 0 Å². The van der Waals surface area contributed by atoms with Gasteiger partial charge in [0.1, 0.15) is 0 Å². The molecule has 1 aromatic rings. The predicted molar refractivity (Wildman–Crippen MR) is 45.0 cm³/mol. The summed E-state index contributed by atoms with van der Waals surface area (Å²) in [5, 5.41) is 4.06. The van der Waals surface area contributed by atoms with Gasteiger partial charge in [-0.05, 0) is 12.5 Å². The second kappa shape index (κ2) is 3.53. The average molecular weight is 153 g/mol. The van der Waals surface area contributed by atoms with Crippen LogP contribution in [0.2, 0.25) is 0 Å². The molecule has 0 radical (unpaired) electrons. The van der Waals surface area contributed by atoms with Gasteiger partial charge in [0, 0.05) is 19.3 Å². The lowest BCUT2D eigenvalue weighted by Gasteiger charge is -2.09. The van der Waals surface area contributed by atoms with Gasteiger partial charge in [-0.1, -0.05) is 13.3 Å². The lowest BCUT2D eigenvalue weighted by Crippen LogP contribution is -2.14. The van der Waals surface area contributed by atoms with Crippen LogP contribution in [0.3, 0.4) is 0 Å². The molecule has 0 amide bonds. The maximum absolute atomic E-state index is 5.89. The van der Waals surface area contributed by atoms with Gasteiger partial charge >= 0.3 is 0 Å². The van der Waals surface area contributed by atoms with Crippen molar-refractivity contribution in [3.05, 3.63) is 18.0 Å². The van der Waals surface area contributed by atoms with Gasteiger partial charge in [0.25, 0.3) is 0 Å². The molecular weight excluding hydrogens is 138 g/mol. The van der Waals surface area contributed by atoms with Crippen LogP contribution in [0.25, 0.3) is 0 Å². The minimum absolute atomic E-state index is 0.146. The van der Waals surface area contributed by atoms with E-state index in [-0.39, 0.29) is 6.04 Å². The Balaban J connectivity index is 2.67. The second-order valence-electron chi connectivity index (χ2n) is 2.77. The van der Waals surface area contributed by atoms with Gasteiger partial charge in [0.15, 0.2) is 0 Å². The number of nitrogens with two attached hydrogens (primary N) is 1. The van der Waals surface area contributed by atoms with E-state index in [0.717, 1.165) is 18.5 Å². The fraction of sp³-hybridized carbons (Fsp3) is 0.625. The lowest BCUT2D eigenvalue weighted by atomic mass is 10.1. The highest BCUT2D eigenvalue weighted by Gasteiger charge is 2.07. The molecule has 2 N–H and O–H groups in total. The molecule has 0 bridgehead atoms. The van der Waals surface area contributed by atoms with Crippen LogP contribution in [0.4, 0.5) is 0 Å². The summed E-state index contributed by atoms with van der Waals surface area (Å²) < 4.78 is 1.83. The van der Waals surface area contributed by atoms with Crippen LogP contribution in [0.15, 0.2) is 12.3 Å². The zero-order valence-corrected chi connectivity index (χ0v) is 7.12. The van der Waals surface area contributed by atoms with Crippen molar-refractivity contribution in [2.45, 2.75) is 25.8 Å². The Hall–Kier alpha value is -0.830. The fourth-order valence-corrected chi connectivity index (χ4v) is 1.21. The predicted octanol–water partition coefficient (Wildman–Crippen LogP) is 1.22. The number of rotatable bonds is 3. The molecule has 0 aliphatic rings. The molecule has 0 fully saturated rings. The average Bonchev–Trinajstić information content (AvgIpc) is 2.36. The van der Waals surface area contributed by atoms with E-state index < -0.39 is 0 Å². The summed E-state index contributed by atoms with van der Waals surface area (Å²) in [5.74, 6) is 0. The third-order valence-corrected chi connectivity index (χ3v) is 1.84. The maximum atomic E-state index is 5.89. The van der Waals surface area contributed by atoms with Crippen molar-refractivity contribution in [1.82, 2.24) is 9.78 Å². The zero-order chi connectivity index (χ0) is 8.27. The lowest BCUT2D eigenvalue weighted by molar-refractivity contribution is 0.575. The summed E-state index contributed by atoms with van der Waals surface area (Å²) >= 11 is 0. The third kappa shape index (κ3) is 1.80. The zero-order valence-electron chi connectivity index (χ0n) is 7.12. The molecule has 1 unspecified atom stereocenters. The molecule has 62 valence electrons. The molecule has 0 aliphatic carbocycles. The van der Waals surface area contributed by atoms with Gasteiger partial charge in [0.2, 0.25) is 0 Å². The molecular formula is C8H15N3. The fourth-order valence-electron chi connectivity index (χ4n) is 1.21. The van der Waals surface area contributed by atoms with Gasteiger partial charge in [-0.3, -0.25) is 4.68 Å². The first-order chi connectivity index (χ1) is 5.25. The Labute approximate surface area is 67.2 Å². The standard InChI is InChI=1S/C8H15N3/c1-3-4-7(9)8-5-6-10-11(8)2/h5-7H,3-4,9H2,1-2H3. The Morgan fingerprint density at radius 1 is 1.73 bits per heavy atom. The highest BCUT2D eigenvalue weighted by atomic mass is 15.3. The quantitative estimate of drug-likeness (QED) is 0.709. The van der Waals surface area contributed by atoms with Gasteiger partial charge in [-0.25, -0.2) is 0 Å². The Morgan fingerprint density at radius 3 is 2.91 bits per heavy atom. The molecule has 3 nitrogen and oxygen atoms in total. The summed E-state index contributed by atoms with van der Waals surface area (Å²) in [6.07, 6.45) is 3.93. The van der Waals surface area contributed by atoms with Crippen LogP contribution < -0.4 is 5.73 Å². The van der Waals surface area contributed by atoms with Gasteiger partial charge in [-0.2, -0.15) is 5.10 Å². The van der Waals surface area contributed by atoms with Crippen LogP contribution >= 0.6 is 0 Å². The van der Waals surface area contributed by atoms with Crippen LogP contribution in [-0.2, 0) is 7.05 Å².